The van der Waals surface area contributed by atoms with E-state index in [0.717, 1.165) is 26.0 Å². The van der Waals surface area contributed by atoms with E-state index in [1.54, 1.807) is 11.3 Å². The van der Waals surface area contributed by atoms with Crippen LogP contribution in [0.5, 0.6) is 0 Å². The molecule has 3 aromatic rings. The quantitative estimate of drug-likeness (QED) is 0.636. The van der Waals surface area contributed by atoms with Crippen molar-refractivity contribution in [1.29, 1.82) is 0 Å². The van der Waals surface area contributed by atoms with Crippen LogP contribution in [0.25, 0.3) is 10.8 Å². The number of benzene rings is 1. The lowest BCUT2D eigenvalue weighted by Crippen LogP contribution is -2.00. The number of fused-ring (bicyclic) bond motifs is 1. The standard InChI is InChI=1S/C14H10Br2N2S/c15-12-3-1-2-11-10(12)6-7-17-14(11)18-8-9-4-5-13(16)19-9/h1-7H,8H2,(H,17,18). The van der Waals surface area contributed by atoms with Crippen molar-refractivity contribution in [2.45, 2.75) is 6.54 Å². The SMILES string of the molecule is Brc1ccc(CNc2nccc3c(Br)cccc23)s1. The van der Waals surface area contributed by atoms with Crippen LogP contribution in [0.15, 0.2) is 50.9 Å². The molecule has 19 heavy (non-hydrogen) atoms. The molecule has 0 saturated carbocycles. The Morgan fingerprint density at radius 2 is 1.95 bits per heavy atom. The Morgan fingerprint density at radius 3 is 2.74 bits per heavy atom. The fraction of sp³-hybridized carbons (Fsp3) is 0.0714. The molecule has 0 radical (unpaired) electrons. The van der Waals surface area contributed by atoms with Gasteiger partial charge in [0.1, 0.15) is 5.82 Å². The number of hydrogen-bond donors (Lipinski definition) is 1. The number of nitrogens with zero attached hydrogens (tertiary/aromatic N) is 1. The van der Waals surface area contributed by atoms with E-state index in [-0.39, 0.29) is 0 Å². The smallest absolute Gasteiger partial charge is 0.134 e. The molecule has 5 heteroatoms. The van der Waals surface area contributed by atoms with Gasteiger partial charge in [-0.05, 0) is 40.2 Å². The van der Waals surface area contributed by atoms with E-state index in [1.165, 1.54) is 10.3 Å². The summed E-state index contributed by atoms with van der Waals surface area (Å²) >= 11 is 8.78. The Bertz CT molecular complexity index is 724. The van der Waals surface area contributed by atoms with Crippen molar-refractivity contribution in [1.82, 2.24) is 4.98 Å². The molecule has 2 nitrogen and oxygen atoms in total. The molecule has 2 aromatic heterocycles. The van der Waals surface area contributed by atoms with Gasteiger partial charge in [0, 0.05) is 26.3 Å². The summed E-state index contributed by atoms with van der Waals surface area (Å²) in [5, 5.41) is 5.71. The molecule has 96 valence electrons. The number of nitrogens with one attached hydrogen (secondary N) is 1. The van der Waals surface area contributed by atoms with E-state index in [9.17, 15) is 0 Å². The molecule has 3 rings (SSSR count). The van der Waals surface area contributed by atoms with E-state index in [0.29, 0.717) is 0 Å². The summed E-state index contributed by atoms with van der Waals surface area (Å²) < 4.78 is 2.24. The first-order valence-corrected chi connectivity index (χ1v) is 8.15. The number of thiophene rings is 1. The van der Waals surface area contributed by atoms with Gasteiger partial charge >= 0.3 is 0 Å². The van der Waals surface area contributed by atoms with Gasteiger partial charge in [-0.15, -0.1) is 11.3 Å². The van der Waals surface area contributed by atoms with Crippen molar-refractivity contribution in [2.24, 2.45) is 0 Å². The van der Waals surface area contributed by atoms with Gasteiger partial charge in [0.15, 0.2) is 0 Å². The van der Waals surface area contributed by atoms with Gasteiger partial charge in [-0.1, -0.05) is 28.1 Å². The van der Waals surface area contributed by atoms with Crippen LogP contribution in [0.3, 0.4) is 0 Å². The van der Waals surface area contributed by atoms with Gasteiger partial charge in [0.2, 0.25) is 0 Å². The molecule has 0 aliphatic rings. The van der Waals surface area contributed by atoms with Crippen molar-refractivity contribution >= 4 is 59.8 Å². The fourth-order valence-electron chi connectivity index (χ4n) is 1.93. The lowest BCUT2D eigenvalue weighted by atomic mass is 10.1. The molecule has 0 atom stereocenters. The van der Waals surface area contributed by atoms with E-state index in [2.05, 4.69) is 60.4 Å². The van der Waals surface area contributed by atoms with Gasteiger partial charge < -0.3 is 5.32 Å². The third-order valence-electron chi connectivity index (χ3n) is 2.81. The molecule has 1 aromatic carbocycles. The highest BCUT2D eigenvalue weighted by atomic mass is 79.9. The molecule has 0 unspecified atom stereocenters. The first kappa shape index (κ1) is 13.1. The summed E-state index contributed by atoms with van der Waals surface area (Å²) in [4.78, 5) is 5.71. The molecule has 0 fully saturated rings. The van der Waals surface area contributed by atoms with Crippen LogP contribution >= 0.6 is 43.2 Å². The number of anilines is 1. The monoisotopic (exact) mass is 396 g/mol. The molecule has 0 aliphatic carbocycles. The van der Waals surface area contributed by atoms with Crippen LogP contribution in [-0.2, 0) is 6.54 Å². The summed E-state index contributed by atoms with van der Waals surface area (Å²) in [5.74, 6) is 0.920. The number of aromatic nitrogens is 1. The zero-order valence-electron chi connectivity index (χ0n) is 9.86. The lowest BCUT2D eigenvalue weighted by molar-refractivity contribution is 1.15. The minimum absolute atomic E-state index is 0.787. The zero-order valence-corrected chi connectivity index (χ0v) is 13.8. The first-order chi connectivity index (χ1) is 9.24. The van der Waals surface area contributed by atoms with Crippen molar-refractivity contribution < 1.29 is 0 Å². The molecular formula is C14H10Br2N2S. The Kier molecular flexibility index (Phi) is 3.86. The minimum Gasteiger partial charge on any atom is -0.365 e. The maximum atomic E-state index is 4.43. The molecule has 0 spiro atoms. The van der Waals surface area contributed by atoms with Gasteiger partial charge in [0.05, 0.1) is 10.3 Å². The fourth-order valence-corrected chi connectivity index (χ4v) is 3.85. The van der Waals surface area contributed by atoms with Crippen LogP contribution in [-0.4, -0.2) is 4.98 Å². The van der Waals surface area contributed by atoms with Crippen LogP contribution in [0, 0.1) is 0 Å². The third kappa shape index (κ3) is 2.83. The van der Waals surface area contributed by atoms with Gasteiger partial charge in [0.25, 0.3) is 0 Å². The van der Waals surface area contributed by atoms with Crippen molar-refractivity contribution in [3.63, 3.8) is 0 Å². The Balaban J connectivity index is 1.91. The summed E-state index contributed by atoms with van der Waals surface area (Å²) in [5.41, 5.74) is 0. The molecule has 2 heterocycles. The predicted molar refractivity (Wildman–Crippen MR) is 88.8 cm³/mol. The van der Waals surface area contributed by atoms with E-state index in [1.807, 2.05) is 24.4 Å². The normalized spacial score (nSPS) is 10.8. The van der Waals surface area contributed by atoms with E-state index in [4.69, 9.17) is 0 Å². The Labute approximate surface area is 132 Å². The Morgan fingerprint density at radius 1 is 1.05 bits per heavy atom. The van der Waals surface area contributed by atoms with Crippen molar-refractivity contribution in [2.75, 3.05) is 5.32 Å². The second-order valence-electron chi connectivity index (χ2n) is 4.05. The molecular weight excluding hydrogens is 388 g/mol. The average Bonchev–Trinajstić information content (AvgIpc) is 2.83. The largest absolute Gasteiger partial charge is 0.365 e. The average molecular weight is 398 g/mol. The van der Waals surface area contributed by atoms with Gasteiger partial charge in [-0.3, -0.25) is 0 Å². The highest BCUT2D eigenvalue weighted by molar-refractivity contribution is 9.11. The minimum atomic E-state index is 0.787. The third-order valence-corrected chi connectivity index (χ3v) is 5.13. The number of rotatable bonds is 3. The van der Waals surface area contributed by atoms with Crippen molar-refractivity contribution in [3.05, 3.63) is 55.7 Å². The number of halogens is 2. The van der Waals surface area contributed by atoms with Crippen molar-refractivity contribution in [3.8, 4) is 0 Å². The summed E-state index contributed by atoms with van der Waals surface area (Å²) in [7, 11) is 0. The van der Waals surface area contributed by atoms with E-state index >= 15 is 0 Å². The van der Waals surface area contributed by atoms with Crippen LogP contribution in [0.2, 0.25) is 0 Å². The second-order valence-corrected chi connectivity index (χ2v) is 7.46. The van der Waals surface area contributed by atoms with Crippen LogP contribution in [0.1, 0.15) is 4.88 Å². The maximum absolute atomic E-state index is 4.43. The van der Waals surface area contributed by atoms with Gasteiger partial charge in [-0.2, -0.15) is 0 Å². The number of hydrogen-bond acceptors (Lipinski definition) is 3. The molecule has 1 N–H and O–H groups in total. The molecule has 0 bridgehead atoms. The second kappa shape index (κ2) is 5.61. The molecule has 0 saturated heterocycles. The topological polar surface area (TPSA) is 24.9 Å². The molecule has 0 amide bonds. The highest BCUT2D eigenvalue weighted by Crippen LogP contribution is 2.28. The van der Waals surface area contributed by atoms with E-state index < -0.39 is 0 Å². The lowest BCUT2D eigenvalue weighted by Gasteiger charge is -2.08. The summed E-state index contributed by atoms with van der Waals surface area (Å²) in [6, 6.07) is 12.4. The Hall–Kier alpha value is -0.910. The predicted octanol–water partition coefficient (Wildman–Crippen LogP) is 5.43. The summed E-state index contributed by atoms with van der Waals surface area (Å²) in [6.07, 6.45) is 1.83. The van der Waals surface area contributed by atoms with Crippen LogP contribution in [0.4, 0.5) is 5.82 Å². The number of pyridine rings is 1. The zero-order chi connectivity index (χ0) is 13.2. The summed E-state index contributed by atoms with van der Waals surface area (Å²) in [6.45, 7) is 0.787. The molecule has 0 aliphatic heterocycles. The van der Waals surface area contributed by atoms with Gasteiger partial charge in [-0.25, -0.2) is 4.98 Å². The maximum Gasteiger partial charge on any atom is 0.134 e. The first-order valence-electron chi connectivity index (χ1n) is 5.75. The van der Waals surface area contributed by atoms with Crippen LogP contribution < -0.4 is 5.32 Å². The highest BCUT2D eigenvalue weighted by Gasteiger charge is 2.05.